The van der Waals surface area contributed by atoms with Crippen LogP contribution in [0.3, 0.4) is 0 Å². The van der Waals surface area contributed by atoms with E-state index in [-0.39, 0.29) is 0 Å². The van der Waals surface area contributed by atoms with Crippen molar-refractivity contribution in [3.8, 4) is 0 Å². The van der Waals surface area contributed by atoms with Gasteiger partial charge in [-0.15, -0.1) is 0 Å². The Morgan fingerprint density at radius 2 is 1.39 bits per heavy atom. The van der Waals surface area contributed by atoms with Crippen molar-refractivity contribution >= 4 is 0 Å². The Balaban J connectivity index is 1.64. The third kappa shape index (κ3) is 2.75. The minimum absolute atomic E-state index is 0.853. The number of likely N-dealkylation sites (N-methyl/N-ethyl adjacent to an activating group) is 1. The fourth-order valence-corrected chi connectivity index (χ4v) is 4.52. The van der Waals surface area contributed by atoms with Gasteiger partial charge in [0, 0.05) is 24.7 Å². The molecule has 1 atom stereocenters. The van der Waals surface area contributed by atoms with E-state index in [0.29, 0.717) is 0 Å². The molecule has 1 unspecified atom stereocenters. The predicted octanol–water partition coefficient (Wildman–Crippen LogP) is 3.27. The summed E-state index contributed by atoms with van der Waals surface area (Å²) in [5, 5.41) is 0. The minimum Gasteiger partial charge on any atom is -0.302 e. The van der Waals surface area contributed by atoms with E-state index in [1.165, 1.54) is 77.3 Å². The lowest BCUT2D eigenvalue weighted by Gasteiger charge is -2.37. The molecule has 0 N–H and O–H groups in total. The lowest BCUT2D eigenvalue weighted by Crippen LogP contribution is -2.47. The van der Waals surface area contributed by atoms with Gasteiger partial charge in [0.25, 0.3) is 0 Å². The van der Waals surface area contributed by atoms with Crippen LogP contribution in [0.15, 0.2) is 0 Å². The molecule has 2 nitrogen and oxygen atoms in total. The van der Waals surface area contributed by atoms with Gasteiger partial charge in [-0.1, -0.05) is 25.7 Å². The molecule has 2 aliphatic carbocycles. The van der Waals surface area contributed by atoms with Crippen LogP contribution in [0.2, 0.25) is 0 Å². The van der Waals surface area contributed by atoms with Crippen molar-refractivity contribution in [1.29, 1.82) is 0 Å². The van der Waals surface area contributed by atoms with Crippen LogP contribution < -0.4 is 0 Å². The first-order valence-corrected chi connectivity index (χ1v) is 8.30. The van der Waals surface area contributed by atoms with Crippen molar-refractivity contribution in [2.45, 2.75) is 82.3 Å². The molecule has 0 bridgehead atoms. The fraction of sp³-hybridized carbons (Fsp3) is 1.00. The highest BCUT2D eigenvalue weighted by atomic mass is 15.3. The monoisotopic (exact) mass is 250 g/mol. The summed E-state index contributed by atoms with van der Waals surface area (Å²) in [6.07, 6.45) is 14.7. The van der Waals surface area contributed by atoms with Gasteiger partial charge >= 0.3 is 0 Å². The molecule has 2 heteroatoms. The van der Waals surface area contributed by atoms with Crippen molar-refractivity contribution < 1.29 is 0 Å². The van der Waals surface area contributed by atoms with Crippen LogP contribution in [0.5, 0.6) is 0 Å². The second-order valence-electron chi connectivity index (χ2n) is 6.85. The van der Waals surface area contributed by atoms with Crippen LogP contribution in [0, 0.1) is 0 Å². The van der Waals surface area contributed by atoms with Crippen molar-refractivity contribution in [3.63, 3.8) is 0 Å². The summed E-state index contributed by atoms with van der Waals surface area (Å²) in [5.41, 5.74) is 0. The summed E-state index contributed by atoms with van der Waals surface area (Å²) in [4.78, 5) is 5.56. The molecule has 0 radical (unpaired) electrons. The molecule has 0 aromatic carbocycles. The minimum atomic E-state index is 0.853. The average Bonchev–Trinajstić information content (AvgIpc) is 3.09. The maximum atomic E-state index is 2.95. The molecule has 0 amide bonds. The standard InChI is InChI=1S/C16H30N2/c1-17-12-6-11-16(17)13-18(14-7-2-3-8-14)15-9-4-5-10-15/h14-16H,2-13H2,1H3. The van der Waals surface area contributed by atoms with E-state index >= 15 is 0 Å². The van der Waals surface area contributed by atoms with Gasteiger partial charge in [0.15, 0.2) is 0 Å². The van der Waals surface area contributed by atoms with Crippen LogP contribution in [0.25, 0.3) is 0 Å². The summed E-state index contributed by atoms with van der Waals surface area (Å²) in [7, 11) is 2.33. The van der Waals surface area contributed by atoms with Crippen LogP contribution in [0.1, 0.15) is 64.2 Å². The molecule has 3 rings (SSSR count). The Bertz CT molecular complexity index is 238. The van der Waals surface area contributed by atoms with Gasteiger partial charge in [-0.2, -0.15) is 0 Å². The third-order valence-corrected chi connectivity index (χ3v) is 5.68. The molecule has 18 heavy (non-hydrogen) atoms. The summed E-state index contributed by atoms with van der Waals surface area (Å²) in [5.74, 6) is 0. The quantitative estimate of drug-likeness (QED) is 0.755. The van der Waals surface area contributed by atoms with Gasteiger partial charge in [-0.3, -0.25) is 4.90 Å². The van der Waals surface area contributed by atoms with Crippen LogP contribution in [-0.2, 0) is 0 Å². The highest BCUT2D eigenvalue weighted by molar-refractivity contribution is 4.90. The first kappa shape index (κ1) is 12.9. The lowest BCUT2D eigenvalue weighted by molar-refractivity contribution is 0.101. The Morgan fingerprint density at radius 3 is 1.83 bits per heavy atom. The van der Waals surface area contributed by atoms with Crippen molar-refractivity contribution in [2.24, 2.45) is 0 Å². The molecule has 2 saturated carbocycles. The molecule has 3 fully saturated rings. The Kier molecular flexibility index (Phi) is 4.25. The molecule has 1 aliphatic heterocycles. The van der Waals surface area contributed by atoms with Crippen molar-refractivity contribution in [1.82, 2.24) is 9.80 Å². The van der Waals surface area contributed by atoms with E-state index in [1.807, 2.05) is 0 Å². The molecule has 0 aromatic heterocycles. The summed E-state index contributed by atoms with van der Waals surface area (Å²) >= 11 is 0. The molecule has 3 aliphatic rings. The maximum absolute atomic E-state index is 2.95. The SMILES string of the molecule is CN1CCCC1CN(C1CCCC1)C1CCCC1. The van der Waals surface area contributed by atoms with E-state index in [2.05, 4.69) is 16.8 Å². The zero-order chi connectivity index (χ0) is 12.4. The molecule has 0 spiro atoms. The summed E-state index contributed by atoms with van der Waals surface area (Å²) in [6, 6.07) is 2.72. The van der Waals surface area contributed by atoms with E-state index in [1.54, 1.807) is 0 Å². The number of hydrogen-bond acceptors (Lipinski definition) is 2. The highest BCUT2D eigenvalue weighted by Crippen LogP contribution is 2.32. The smallest absolute Gasteiger partial charge is 0.0220 e. The zero-order valence-electron chi connectivity index (χ0n) is 12.1. The molecule has 1 saturated heterocycles. The lowest BCUT2D eigenvalue weighted by atomic mass is 10.1. The Hall–Kier alpha value is -0.0800. The topological polar surface area (TPSA) is 6.48 Å². The van der Waals surface area contributed by atoms with Gasteiger partial charge in [0.05, 0.1) is 0 Å². The average molecular weight is 250 g/mol. The van der Waals surface area contributed by atoms with Crippen LogP contribution in [-0.4, -0.2) is 48.1 Å². The van der Waals surface area contributed by atoms with Gasteiger partial charge in [-0.05, 0) is 52.1 Å². The largest absolute Gasteiger partial charge is 0.302 e. The predicted molar refractivity (Wildman–Crippen MR) is 76.9 cm³/mol. The van der Waals surface area contributed by atoms with Crippen LogP contribution in [0.4, 0.5) is 0 Å². The van der Waals surface area contributed by atoms with Gasteiger partial charge < -0.3 is 4.90 Å². The number of likely N-dealkylation sites (tertiary alicyclic amines) is 1. The summed E-state index contributed by atoms with van der Waals surface area (Å²) < 4.78 is 0. The molecule has 0 aromatic rings. The number of hydrogen-bond donors (Lipinski definition) is 0. The van der Waals surface area contributed by atoms with E-state index in [4.69, 9.17) is 0 Å². The third-order valence-electron chi connectivity index (χ3n) is 5.68. The molecular weight excluding hydrogens is 220 g/mol. The van der Waals surface area contributed by atoms with E-state index in [9.17, 15) is 0 Å². The number of nitrogens with zero attached hydrogens (tertiary/aromatic N) is 2. The molecule has 1 heterocycles. The zero-order valence-corrected chi connectivity index (χ0v) is 12.1. The van der Waals surface area contributed by atoms with E-state index < -0.39 is 0 Å². The van der Waals surface area contributed by atoms with Crippen molar-refractivity contribution in [3.05, 3.63) is 0 Å². The first-order chi connectivity index (χ1) is 8.84. The molecular formula is C16H30N2. The first-order valence-electron chi connectivity index (χ1n) is 8.30. The second-order valence-corrected chi connectivity index (χ2v) is 6.85. The Morgan fingerprint density at radius 1 is 0.833 bits per heavy atom. The second kappa shape index (κ2) is 5.92. The van der Waals surface area contributed by atoms with E-state index in [0.717, 1.165) is 18.1 Å². The van der Waals surface area contributed by atoms with Crippen LogP contribution >= 0.6 is 0 Å². The highest BCUT2D eigenvalue weighted by Gasteiger charge is 2.33. The maximum Gasteiger partial charge on any atom is 0.0220 e. The van der Waals surface area contributed by atoms with Crippen molar-refractivity contribution in [2.75, 3.05) is 20.1 Å². The summed E-state index contributed by atoms with van der Waals surface area (Å²) in [6.45, 7) is 2.69. The Labute approximate surface area is 113 Å². The van der Waals surface area contributed by atoms with Gasteiger partial charge in [0.2, 0.25) is 0 Å². The van der Waals surface area contributed by atoms with Gasteiger partial charge in [-0.25, -0.2) is 0 Å². The number of rotatable bonds is 4. The van der Waals surface area contributed by atoms with Gasteiger partial charge in [0.1, 0.15) is 0 Å². The fourth-order valence-electron chi connectivity index (χ4n) is 4.52. The molecule has 104 valence electrons. The normalized spacial score (nSPS) is 32.0.